The maximum absolute atomic E-state index is 14.8. The van der Waals surface area contributed by atoms with Crippen LogP contribution in [0.4, 0.5) is 10.1 Å². The highest BCUT2D eigenvalue weighted by Gasteiger charge is 2.28. The molecule has 0 radical (unpaired) electrons. The second-order valence-corrected chi connectivity index (χ2v) is 7.32. The summed E-state index contributed by atoms with van der Waals surface area (Å²) in [4.78, 5) is 14.1. The van der Waals surface area contributed by atoms with E-state index in [0.29, 0.717) is 34.2 Å². The largest absolute Gasteiger partial charge is 0.366 e. The van der Waals surface area contributed by atoms with Gasteiger partial charge in [0.05, 0.1) is 21.6 Å². The van der Waals surface area contributed by atoms with Crippen LogP contribution in [0.25, 0.3) is 10.9 Å². The second-order valence-electron chi connectivity index (χ2n) is 6.94. The Bertz CT molecular complexity index is 846. The molecule has 4 rings (SSSR count). The van der Waals surface area contributed by atoms with Crippen molar-refractivity contribution < 1.29 is 4.39 Å². The van der Waals surface area contributed by atoms with Gasteiger partial charge in [-0.3, -0.25) is 4.79 Å². The highest BCUT2D eigenvalue weighted by Crippen LogP contribution is 2.41. The van der Waals surface area contributed by atoms with E-state index in [1.807, 2.05) is 9.47 Å². The van der Waals surface area contributed by atoms with E-state index < -0.39 is 5.82 Å². The topological polar surface area (TPSA) is 51.3 Å². The van der Waals surface area contributed by atoms with Crippen LogP contribution in [-0.4, -0.2) is 23.7 Å². The standard InChI is InChI=1S/C18H21ClFN3O/c19-16-17-13(15(24)6-8-23(17)12-4-5-12)9-14(20)18(16)22-7-2-1-3-11(21)10-22/h6,8-9,11-12H,1-5,7,10,21H2. The number of nitrogens with two attached hydrogens (primary N) is 1. The number of pyridine rings is 1. The van der Waals surface area contributed by atoms with E-state index >= 15 is 0 Å². The van der Waals surface area contributed by atoms with Crippen molar-refractivity contribution in [2.24, 2.45) is 5.73 Å². The van der Waals surface area contributed by atoms with Crippen molar-refractivity contribution in [3.8, 4) is 0 Å². The predicted molar refractivity (Wildman–Crippen MR) is 95.5 cm³/mol. The molecule has 1 aliphatic heterocycles. The Labute approximate surface area is 145 Å². The van der Waals surface area contributed by atoms with E-state index in [1.165, 1.54) is 12.1 Å². The molecule has 1 saturated carbocycles. The molecule has 2 heterocycles. The van der Waals surface area contributed by atoms with E-state index in [-0.39, 0.29) is 11.5 Å². The maximum atomic E-state index is 14.8. The van der Waals surface area contributed by atoms with Crippen molar-refractivity contribution in [1.29, 1.82) is 0 Å². The van der Waals surface area contributed by atoms with E-state index in [0.717, 1.165) is 38.6 Å². The molecule has 0 amide bonds. The van der Waals surface area contributed by atoms with Crippen LogP contribution in [0, 0.1) is 5.82 Å². The molecule has 1 aliphatic carbocycles. The summed E-state index contributed by atoms with van der Waals surface area (Å²) in [6.07, 6.45) is 6.86. The second kappa shape index (κ2) is 6.05. The molecule has 6 heteroatoms. The van der Waals surface area contributed by atoms with Gasteiger partial charge in [-0.2, -0.15) is 0 Å². The highest BCUT2D eigenvalue weighted by atomic mass is 35.5. The summed E-state index contributed by atoms with van der Waals surface area (Å²) in [5.74, 6) is -0.438. The van der Waals surface area contributed by atoms with Crippen molar-refractivity contribution in [2.75, 3.05) is 18.0 Å². The van der Waals surface area contributed by atoms with Crippen molar-refractivity contribution in [3.63, 3.8) is 0 Å². The van der Waals surface area contributed by atoms with Crippen molar-refractivity contribution in [1.82, 2.24) is 4.57 Å². The summed E-state index contributed by atoms with van der Waals surface area (Å²) in [5.41, 5.74) is 6.98. The Morgan fingerprint density at radius 1 is 1.25 bits per heavy atom. The number of hydrogen-bond acceptors (Lipinski definition) is 3. The summed E-state index contributed by atoms with van der Waals surface area (Å²) in [6.45, 7) is 1.32. The van der Waals surface area contributed by atoms with Gasteiger partial charge in [-0.15, -0.1) is 0 Å². The first-order chi connectivity index (χ1) is 11.6. The highest BCUT2D eigenvalue weighted by molar-refractivity contribution is 6.38. The number of nitrogens with zero attached hydrogens (tertiary/aromatic N) is 2. The van der Waals surface area contributed by atoms with Crippen LogP contribution in [0.1, 0.15) is 38.1 Å². The van der Waals surface area contributed by atoms with Gasteiger partial charge in [0.1, 0.15) is 5.82 Å². The summed E-state index contributed by atoms with van der Waals surface area (Å²) in [6, 6.07) is 3.21. The fourth-order valence-corrected chi connectivity index (χ4v) is 4.09. The van der Waals surface area contributed by atoms with Gasteiger partial charge < -0.3 is 15.2 Å². The number of hydrogen-bond donors (Lipinski definition) is 1. The lowest BCUT2D eigenvalue weighted by atomic mass is 10.1. The smallest absolute Gasteiger partial charge is 0.189 e. The van der Waals surface area contributed by atoms with Gasteiger partial charge in [-0.25, -0.2) is 4.39 Å². The Morgan fingerprint density at radius 3 is 2.79 bits per heavy atom. The summed E-state index contributed by atoms with van der Waals surface area (Å²) in [5, 5.41) is 0.693. The van der Waals surface area contributed by atoms with Crippen LogP contribution < -0.4 is 16.1 Å². The van der Waals surface area contributed by atoms with E-state index in [9.17, 15) is 9.18 Å². The van der Waals surface area contributed by atoms with Crippen molar-refractivity contribution >= 4 is 28.2 Å². The van der Waals surface area contributed by atoms with E-state index in [4.69, 9.17) is 17.3 Å². The Morgan fingerprint density at radius 2 is 2.04 bits per heavy atom. The minimum Gasteiger partial charge on any atom is -0.366 e. The first-order valence-electron chi connectivity index (χ1n) is 8.59. The zero-order valence-corrected chi connectivity index (χ0v) is 14.2. The van der Waals surface area contributed by atoms with Gasteiger partial charge in [0.25, 0.3) is 0 Å². The third-order valence-corrected chi connectivity index (χ3v) is 5.40. The molecule has 2 aliphatic rings. The Balaban J connectivity index is 1.92. The fraction of sp³-hybridized carbons (Fsp3) is 0.500. The number of fused-ring (bicyclic) bond motifs is 1. The SMILES string of the molecule is NC1CCCCN(c2c(F)cc3c(=O)ccn(C4CC4)c3c2Cl)C1. The molecule has 0 spiro atoms. The number of halogens is 2. The maximum Gasteiger partial charge on any atom is 0.189 e. The molecule has 24 heavy (non-hydrogen) atoms. The minimum atomic E-state index is -0.438. The van der Waals surface area contributed by atoms with Gasteiger partial charge in [0.2, 0.25) is 0 Å². The lowest BCUT2D eigenvalue weighted by molar-refractivity contribution is 0.602. The quantitative estimate of drug-likeness (QED) is 0.903. The van der Waals surface area contributed by atoms with Gasteiger partial charge in [-0.05, 0) is 31.7 Å². The molecule has 1 aromatic heterocycles. The zero-order chi connectivity index (χ0) is 16.8. The van der Waals surface area contributed by atoms with Crippen molar-refractivity contribution in [3.05, 3.63) is 39.4 Å². The minimum absolute atomic E-state index is 0.0139. The third kappa shape index (κ3) is 2.70. The summed E-state index contributed by atoms with van der Waals surface area (Å²) in [7, 11) is 0. The summed E-state index contributed by atoms with van der Waals surface area (Å²) >= 11 is 6.65. The molecular formula is C18H21ClFN3O. The normalized spacial score (nSPS) is 22.0. The van der Waals surface area contributed by atoms with Crippen molar-refractivity contribution in [2.45, 2.75) is 44.2 Å². The van der Waals surface area contributed by atoms with Gasteiger partial charge in [0, 0.05) is 37.4 Å². The molecule has 128 valence electrons. The molecule has 1 aromatic carbocycles. The molecule has 1 unspecified atom stereocenters. The Kier molecular flexibility index (Phi) is 4.01. The fourth-order valence-electron chi connectivity index (χ4n) is 3.68. The predicted octanol–water partition coefficient (Wildman–Crippen LogP) is 3.45. The molecule has 2 fully saturated rings. The number of anilines is 1. The molecule has 1 saturated heterocycles. The van der Waals surface area contributed by atoms with Gasteiger partial charge in [0.15, 0.2) is 5.43 Å². The monoisotopic (exact) mass is 349 g/mol. The van der Waals surface area contributed by atoms with Crippen LogP contribution in [-0.2, 0) is 0 Å². The summed E-state index contributed by atoms with van der Waals surface area (Å²) < 4.78 is 16.9. The average molecular weight is 350 g/mol. The van der Waals surface area contributed by atoms with Gasteiger partial charge >= 0.3 is 0 Å². The van der Waals surface area contributed by atoms with E-state index in [1.54, 1.807) is 6.20 Å². The lowest BCUT2D eigenvalue weighted by Crippen LogP contribution is -2.36. The first-order valence-corrected chi connectivity index (χ1v) is 8.97. The molecule has 4 nitrogen and oxygen atoms in total. The zero-order valence-electron chi connectivity index (χ0n) is 13.5. The molecule has 2 N–H and O–H groups in total. The average Bonchev–Trinajstić information content (AvgIpc) is 3.37. The number of aromatic nitrogens is 1. The van der Waals surface area contributed by atoms with Gasteiger partial charge in [-0.1, -0.05) is 18.0 Å². The molecule has 1 atom stereocenters. The number of rotatable bonds is 2. The van der Waals surface area contributed by atoms with Crippen LogP contribution in [0.15, 0.2) is 23.1 Å². The number of benzene rings is 1. The third-order valence-electron chi connectivity index (χ3n) is 5.04. The first kappa shape index (κ1) is 15.9. The van der Waals surface area contributed by atoms with Crippen LogP contribution >= 0.6 is 11.6 Å². The lowest BCUT2D eigenvalue weighted by Gasteiger charge is -2.27. The molecule has 2 aromatic rings. The van der Waals surface area contributed by atoms with Crippen LogP contribution in [0.5, 0.6) is 0 Å². The Hall–Kier alpha value is -1.59. The van der Waals surface area contributed by atoms with Crippen LogP contribution in [0.3, 0.4) is 0 Å². The molecular weight excluding hydrogens is 329 g/mol. The van der Waals surface area contributed by atoms with Crippen LogP contribution in [0.2, 0.25) is 5.02 Å². The van der Waals surface area contributed by atoms with E-state index in [2.05, 4.69) is 0 Å². The molecule has 0 bridgehead atoms.